The summed E-state index contributed by atoms with van der Waals surface area (Å²) in [6, 6.07) is 1.76. The van der Waals surface area contributed by atoms with Gasteiger partial charge in [0, 0.05) is 71.7 Å². The van der Waals surface area contributed by atoms with Crippen molar-refractivity contribution in [3.8, 4) is 11.1 Å². The Morgan fingerprint density at radius 1 is 1.13 bits per heavy atom. The molecule has 0 bridgehead atoms. The number of carbonyl (C=O) groups excluding carboxylic acids is 1. The van der Waals surface area contributed by atoms with Crippen LogP contribution in [0.2, 0.25) is 5.02 Å². The maximum atomic E-state index is 15.5. The summed E-state index contributed by atoms with van der Waals surface area (Å²) in [6.45, 7) is 9.02. The molecule has 2 aromatic carbocycles. The zero-order valence-corrected chi connectivity index (χ0v) is 28.1. The number of hydrogen-bond acceptors (Lipinski definition) is 8. The minimum absolute atomic E-state index is 0.0171. The molecule has 47 heavy (non-hydrogen) atoms. The predicted octanol–water partition coefficient (Wildman–Crippen LogP) is 5.96. The highest BCUT2D eigenvalue weighted by molar-refractivity contribution is 7.99. The highest BCUT2D eigenvalue weighted by atomic mass is 35.5. The van der Waals surface area contributed by atoms with Crippen molar-refractivity contribution in [2.75, 3.05) is 71.0 Å². The maximum absolute atomic E-state index is 15.5. The van der Waals surface area contributed by atoms with E-state index in [1.807, 2.05) is 37.7 Å². The molecule has 15 heteroatoms. The van der Waals surface area contributed by atoms with Gasteiger partial charge in [0.2, 0.25) is 5.91 Å². The molecule has 3 heterocycles. The first-order valence-corrected chi connectivity index (χ1v) is 16.5. The number of aliphatic imine (C=N–C) groups is 1. The van der Waals surface area contributed by atoms with Gasteiger partial charge in [-0.3, -0.25) is 4.79 Å². The molecule has 2 aromatic rings. The van der Waals surface area contributed by atoms with Gasteiger partial charge in [-0.25, -0.2) is 13.8 Å². The summed E-state index contributed by atoms with van der Waals surface area (Å²) in [5, 5.41) is -0.505. The van der Waals surface area contributed by atoms with Crippen LogP contribution in [0.5, 0.6) is 0 Å². The minimum Gasteiger partial charge on any atom is -0.374 e. The number of piperazine rings is 1. The summed E-state index contributed by atoms with van der Waals surface area (Å²) < 4.78 is 87.2. The summed E-state index contributed by atoms with van der Waals surface area (Å²) in [6.07, 6.45) is -4.11. The van der Waals surface area contributed by atoms with E-state index in [4.69, 9.17) is 21.1 Å². The van der Waals surface area contributed by atoms with Gasteiger partial charge in [0.25, 0.3) is 0 Å². The lowest BCUT2D eigenvalue weighted by atomic mass is 9.93. The second kappa shape index (κ2) is 14.3. The van der Waals surface area contributed by atoms with Gasteiger partial charge in [0.05, 0.1) is 29.0 Å². The summed E-state index contributed by atoms with van der Waals surface area (Å²) in [5.74, 6) is -1.98. The van der Waals surface area contributed by atoms with Gasteiger partial charge in [-0.2, -0.15) is 13.2 Å². The fourth-order valence-electron chi connectivity index (χ4n) is 6.31. The maximum Gasteiger partial charge on any atom is 0.417 e. The van der Waals surface area contributed by atoms with Crippen molar-refractivity contribution >= 4 is 40.8 Å². The Kier molecular flexibility index (Phi) is 10.8. The van der Waals surface area contributed by atoms with Crippen molar-refractivity contribution in [2.45, 2.75) is 43.1 Å². The largest absolute Gasteiger partial charge is 0.417 e. The van der Waals surface area contributed by atoms with Crippen LogP contribution in [-0.2, 0) is 20.4 Å². The molecule has 0 spiro atoms. The zero-order valence-electron chi connectivity index (χ0n) is 26.5. The Balaban J connectivity index is 1.73. The molecule has 1 fully saturated rings. The number of nitrogens with zero attached hydrogens (tertiary/aromatic N) is 5. The summed E-state index contributed by atoms with van der Waals surface area (Å²) in [5.41, 5.74) is -1.45. The third kappa shape index (κ3) is 7.41. The normalized spacial score (nSPS) is 23.1. The van der Waals surface area contributed by atoms with E-state index in [1.165, 1.54) is 6.08 Å². The number of thioether (sulfide) groups is 1. The standard InChI is InChI=1S/C32H37ClF5N5O3S/c1-6-27(44)43-18(2)12-41(13-19(43)3)31-22-9-23(32(36,37)38)28(21-10-24(33)26(35)11-25(21)34)30-29(22)42(17-45-16-39-31)14-20(15-47-30)46-8-7-40(4)5/h6,9-11,18-20H,1,7-8,12-17H2,2-5H3/b39-31+/t18-,19+,20?. The van der Waals surface area contributed by atoms with Crippen molar-refractivity contribution in [1.82, 2.24) is 14.7 Å². The van der Waals surface area contributed by atoms with E-state index in [9.17, 15) is 9.18 Å². The van der Waals surface area contributed by atoms with E-state index in [1.54, 1.807) is 9.80 Å². The molecule has 0 radical (unpaired) electrons. The van der Waals surface area contributed by atoms with Crippen molar-refractivity contribution in [3.05, 3.63) is 58.6 Å². The van der Waals surface area contributed by atoms with Gasteiger partial charge in [-0.15, -0.1) is 11.8 Å². The van der Waals surface area contributed by atoms with E-state index in [0.29, 0.717) is 24.9 Å². The Morgan fingerprint density at radius 2 is 1.83 bits per heavy atom. The Hall–Kier alpha value is -2.91. The molecule has 1 amide bonds. The number of rotatable bonds is 6. The van der Waals surface area contributed by atoms with Gasteiger partial charge in [-0.1, -0.05) is 18.2 Å². The van der Waals surface area contributed by atoms with Crippen LogP contribution in [0.4, 0.5) is 27.6 Å². The lowest BCUT2D eigenvalue weighted by Crippen LogP contribution is -2.59. The van der Waals surface area contributed by atoms with E-state index >= 15 is 17.6 Å². The number of hydrogen-bond donors (Lipinski definition) is 0. The molecule has 1 saturated heterocycles. The topological polar surface area (TPSA) is 60.9 Å². The van der Waals surface area contributed by atoms with E-state index in [2.05, 4.69) is 11.6 Å². The Bertz CT molecular complexity index is 1550. The average molecular weight is 702 g/mol. The number of anilines is 1. The number of carbonyl (C=O) groups is 1. The highest BCUT2D eigenvalue weighted by Gasteiger charge is 2.42. The molecule has 0 aliphatic carbocycles. The van der Waals surface area contributed by atoms with Crippen LogP contribution < -0.4 is 4.90 Å². The van der Waals surface area contributed by atoms with Crippen LogP contribution in [-0.4, -0.2) is 111 Å². The third-order valence-corrected chi connectivity index (χ3v) is 9.84. The van der Waals surface area contributed by atoms with Crippen molar-refractivity contribution in [3.63, 3.8) is 0 Å². The second-order valence-electron chi connectivity index (χ2n) is 12.1. The van der Waals surface area contributed by atoms with Crippen molar-refractivity contribution < 1.29 is 36.2 Å². The number of amidine groups is 1. The first-order valence-electron chi connectivity index (χ1n) is 15.1. The smallest absolute Gasteiger partial charge is 0.374 e. The van der Waals surface area contributed by atoms with Crippen LogP contribution in [0.1, 0.15) is 25.0 Å². The molecule has 3 aliphatic heterocycles. The highest BCUT2D eigenvalue weighted by Crippen LogP contribution is 2.51. The first-order chi connectivity index (χ1) is 22.2. The number of ether oxygens (including phenoxy) is 2. The zero-order chi connectivity index (χ0) is 34.2. The molecule has 3 aliphatic rings. The first kappa shape index (κ1) is 35.4. The second-order valence-corrected chi connectivity index (χ2v) is 13.5. The molecule has 1 unspecified atom stereocenters. The lowest BCUT2D eigenvalue weighted by molar-refractivity contribution is -0.137. The average Bonchev–Trinajstić information content (AvgIpc) is 3.15. The van der Waals surface area contributed by atoms with Gasteiger partial charge in [-0.05, 0) is 46.2 Å². The van der Waals surface area contributed by atoms with Gasteiger partial charge < -0.3 is 29.1 Å². The molecule has 3 atom stereocenters. The quantitative estimate of drug-likeness (QED) is 0.209. The summed E-state index contributed by atoms with van der Waals surface area (Å²) >= 11 is 7.13. The van der Waals surface area contributed by atoms with Crippen LogP contribution in [0.15, 0.2) is 40.7 Å². The van der Waals surface area contributed by atoms with E-state index in [0.717, 1.165) is 23.9 Å². The molecule has 0 N–H and O–H groups in total. The molecule has 0 saturated carbocycles. The van der Waals surface area contributed by atoms with E-state index < -0.39 is 45.6 Å². The lowest BCUT2D eigenvalue weighted by Gasteiger charge is -2.46. The number of alkyl halides is 3. The SMILES string of the molecule is C=CC(=O)N1[C@H](C)CN(/C2=N/COCN3CC(OCCN(C)C)CSc4c(-c5cc(Cl)c(F)cc5F)c(C(F)(F)F)cc2c43)C[C@@H]1C. The fourth-order valence-corrected chi connectivity index (χ4v) is 7.77. The molecule has 0 aromatic heterocycles. The monoisotopic (exact) mass is 701 g/mol. The van der Waals surface area contributed by atoms with Crippen molar-refractivity contribution in [2.24, 2.45) is 4.99 Å². The summed E-state index contributed by atoms with van der Waals surface area (Å²) in [4.78, 5) is 24.7. The van der Waals surface area contributed by atoms with Gasteiger partial charge in [0.15, 0.2) is 0 Å². The van der Waals surface area contributed by atoms with Crippen LogP contribution in [0, 0.1) is 11.6 Å². The third-order valence-electron chi connectivity index (χ3n) is 8.33. The van der Waals surface area contributed by atoms with Crippen LogP contribution in [0.25, 0.3) is 11.1 Å². The number of halogens is 6. The number of likely N-dealkylation sites (N-methyl/N-ethyl adjacent to an activating group) is 1. The predicted molar refractivity (Wildman–Crippen MR) is 173 cm³/mol. The fraction of sp³-hybridized carbons (Fsp3) is 0.500. The summed E-state index contributed by atoms with van der Waals surface area (Å²) in [7, 11) is 3.81. The number of benzene rings is 2. The van der Waals surface area contributed by atoms with Gasteiger partial charge >= 0.3 is 6.18 Å². The molecule has 256 valence electrons. The minimum atomic E-state index is -4.94. The van der Waals surface area contributed by atoms with Gasteiger partial charge in [0.1, 0.15) is 30.9 Å². The van der Waals surface area contributed by atoms with Crippen molar-refractivity contribution in [1.29, 1.82) is 0 Å². The number of amides is 1. The molecular formula is C32H37ClF5N5O3S. The Labute approximate surface area is 280 Å². The molecular weight excluding hydrogens is 665 g/mol. The van der Waals surface area contributed by atoms with E-state index in [-0.39, 0.29) is 73.1 Å². The molecule has 5 rings (SSSR count). The molecule has 8 nitrogen and oxygen atoms in total. The van der Waals surface area contributed by atoms with Crippen LogP contribution >= 0.6 is 23.4 Å². The van der Waals surface area contributed by atoms with Crippen LogP contribution in [0.3, 0.4) is 0 Å². The Morgan fingerprint density at radius 3 is 2.47 bits per heavy atom.